The van der Waals surface area contributed by atoms with Gasteiger partial charge in [-0.15, -0.1) is 34.5 Å². The van der Waals surface area contributed by atoms with E-state index in [0.29, 0.717) is 36.6 Å². The molecule has 0 N–H and O–H groups in total. The molecule has 1 aliphatic heterocycles. The average Bonchev–Trinajstić information content (AvgIpc) is 2.95. The van der Waals surface area contributed by atoms with Crippen LogP contribution in [0.25, 0.3) is 0 Å². The standard InChI is InChI=1S/C14H17Cl2NO4S2/c15-14(16)8-11(14)9-21-13(18)10-3-5-17(6-4-10)23(19,20)12-2-1-7-22-12/h1-2,7,10-11H,3-6,8-9H2/t11-/m1/s1. The normalized spacial score (nSPS) is 25.2. The Labute approximate surface area is 149 Å². The van der Waals surface area contributed by atoms with Crippen LogP contribution < -0.4 is 0 Å². The van der Waals surface area contributed by atoms with Gasteiger partial charge in [0.1, 0.15) is 8.54 Å². The van der Waals surface area contributed by atoms with Crippen LogP contribution in [-0.2, 0) is 19.6 Å². The zero-order chi connectivity index (χ0) is 16.7. The molecule has 0 bridgehead atoms. The van der Waals surface area contributed by atoms with Crippen molar-refractivity contribution in [1.29, 1.82) is 0 Å². The molecule has 23 heavy (non-hydrogen) atoms. The molecule has 1 atom stereocenters. The van der Waals surface area contributed by atoms with Crippen molar-refractivity contribution in [3.63, 3.8) is 0 Å². The van der Waals surface area contributed by atoms with E-state index in [9.17, 15) is 13.2 Å². The van der Waals surface area contributed by atoms with Crippen molar-refractivity contribution in [1.82, 2.24) is 4.31 Å². The number of alkyl halides is 2. The van der Waals surface area contributed by atoms with Crippen LogP contribution in [-0.4, -0.2) is 42.7 Å². The van der Waals surface area contributed by atoms with Gasteiger partial charge in [-0.2, -0.15) is 4.31 Å². The molecule has 1 aliphatic carbocycles. The minimum absolute atomic E-state index is 0.00841. The molecule has 1 aromatic rings. The fourth-order valence-corrected chi connectivity index (χ4v) is 5.73. The average molecular weight is 398 g/mol. The summed E-state index contributed by atoms with van der Waals surface area (Å²) in [6.07, 6.45) is 1.59. The van der Waals surface area contributed by atoms with Crippen molar-refractivity contribution < 1.29 is 17.9 Å². The number of rotatable bonds is 5. The van der Waals surface area contributed by atoms with Gasteiger partial charge in [0.25, 0.3) is 10.0 Å². The topological polar surface area (TPSA) is 63.7 Å². The summed E-state index contributed by atoms with van der Waals surface area (Å²) in [6.45, 7) is 0.899. The van der Waals surface area contributed by atoms with Crippen LogP contribution in [0.2, 0.25) is 0 Å². The van der Waals surface area contributed by atoms with E-state index in [2.05, 4.69) is 0 Å². The lowest BCUT2D eigenvalue weighted by Gasteiger charge is -2.29. The van der Waals surface area contributed by atoms with Gasteiger partial charge in [0.2, 0.25) is 0 Å². The molecule has 2 heterocycles. The highest BCUT2D eigenvalue weighted by Crippen LogP contribution is 2.53. The molecular weight excluding hydrogens is 381 g/mol. The largest absolute Gasteiger partial charge is 0.465 e. The number of thiophene rings is 1. The Bertz CT molecular complexity index is 667. The summed E-state index contributed by atoms with van der Waals surface area (Å²) in [6, 6.07) is 3.31. The third-order valence-electron chi connectivity index (χ3n) is 4.26. The first kappa shape index (κ1) is 17.5. The van der Waals surface area contributed by atoms with Crippen LogP contribution >= 0.6 is 34.5 Å². The van der Waals surface area contributed by atoms with Crippen molar-refractivity contribution >= 4 is 50.5 Å². The van der Waals surface area contributed by atoms with Crippen LogP contribution in [0.3, 0.4) is 0 Å². The van der Waals surface area contributed by atoms with Gasteiger partial charge in [-0.3, -0.25) is 4.79 Å². The van der Waals surface area contributed by atoms with E-state index in [1.807, 2.05) is 0 Å². The summed E-state index contributed by atoms with van der Waals surface area (Å²) in [5, 5.41) is 1.74. The summed E-state index contributed by atoms with van der Waals surface area (Å²) in [7, 11) is -3.43. The predicted molar refractivity (Wildman–Crippen MR) is 89.3 cm³/mol. The lowest BCUT2D eigenvalue weighted by atomic mass is 9.98. The molecule has 0 unspecified atom stereocenters. The number of piperidine rings is 1. The second-order valence-corrected chi connectivity index (χ2v) is 10.6. The zero-order valence-electron chi connectivity index (χ0n) is 12.3. The summed E-state index contributed by atoms with van der Waals surface area (Å²) in [5.74, 6) is -0.535. The Morgan fingerprint density at radius 1 is 1.39 bits per heavy atom. The van der Waals surface area contributed by atoms with Gasteiger partial charge in [0, 0.05) is 19.0 Å². The SMILES string of the molecule is O=C(OC[C@H]1CC1(Cl)Cl)C1CCN(S(=O)(=O)c2cccs2)CC1. The Morgan fingerprint density at radius 3 is 2.57 bits per heavy atom. The molecule has 0 amide bonds. The van der Waals surface area contributed by atoms with E-state index < -0.39 is 14.4 Å². The Balaban J connectivity index is 1.49. The minimum atomic E-state index is -3.43. The molecule has 0 aromatic carbocycles. The highest BCUT2D eigenvalue weighted by molar-refractivity contribution is 7.91. The molecule has 1 saturated carbocycles. The third-order valence-corrected chi connectivity index (χ3v) is 8.46. The lowest BCUT2D eigenvalue weighted by molar-refractivity contribution is -0.150. The van der Waals surface area contributed by atoms with Gasteiger partial charge in [0.05, 0.1) is 12.5 Å². The van der Waals surface area contributed by atoms with E-state index >= 15 is 0 Å². The monoisotopic (exact) mass is 397 g/mol. The number of hydrogen-bond acceptors (Lipinski definition) is 5. The number of hydrogen-bond donors (Lipinski definition) is 0. The van der Waals surface area contributed by atoms with E-state index in [0.717, 1.165) is 0 Å². The predicted octanol–water partition coefficient (Wildman–Crippen LogP) is 2.89. The van der Waals surface area contributed by atoms with Gasteiger partial charge in [-0.25, -0.2) is 8.42 Å². The van der Waals surface area contributed by atoms with Crippen LogP contribution in [0.4, 0.5) is 0 Å². The van der Waals surface area contributed by atoms with Gasteiger partial charge in [0.15, 0.2) is 0 Å². The summed E-state index contributed by atoms with van der Waals surface area (Å²) in [5.41, 5.74) is 0. The van der Waals surface area contributed by atoms with Gasteiger partial charge < -0.3 is 4.74 Å². The molecular formula is C14H17Cl2NO4S2. The van der Waals surface area contributed by atoms with Crippen molar-refractivity contribution in [3.05, 3.63) is 17.5 Å². The van der Waals surface area contributed by atoms with Crippen molar-refractivity contribution in [2.24, 2.45) is 11.8 Å². The Hall–Kier alpha value is -0.340. The van der Waals surface area contributed by atoms with Crippen LogP contribution in [0.5, 0.6) is 0 Å². The molecule has 2 aliphatic rings. The molecule has 5 nitrogen and oxygen atoms in total. The number of nitrogens with zero attached hydrogens (tertiary/aromatic N) is 1. The van der Waals surface area contributed by atoms with E-state index in [4.69, 9.17) is 27.9 Å². The second kappa shape index (κ2) is 6.52. The maximum atomic E-state index is 12.4. The summed E-state index contributed by atoms with van der Waals surface area (Å²) < 4.78 is 31.1. The molecule has 9 heteroatoms. The smallest absolute Gasteiger partial charge is 0.309 e. The fourth-order valence-electron chi connectivity index (χ4n) is 2.62. The minimum Gasteiger partial charge on any atom is -0.465 e. The van der Waals surface area contributed by atoms with Crippen molar-refractivity contribution in [3.8, 4) is 0 Å². The van der Waals surface area contributed by atoms with Crippen LogP contribution in [0, 0.1) is 11.8 Å². The number of ether oxygens (including phenoxy) is 1. The number of sulfonamides is 1. The third kappa shape index (κ3) is 3.85. The first-order valence-electron chi connectivity index (χ1n) is 7.39. The first-order valence-corrected chi connectivity index (χ1v) is 10.5. The molecule has 3 rings (SSSR count). The molecule has 0 spiro atoms. The fraction of sp³-hybridized carbons (Fsp3) is 0.643. The van der Waals surface area contributed by atoms with Gasteiger partial charge >= 0.3 is 5.97 Å². The Kier molecular flexibility index (Phi) is 4.95. The van der Waals surface area contributed by atoms with E-state index in [1.165, 1.54) is 15.6 Å². The number of halogens is 2. The number of carbonyl (C=O) groups is 1. The number of carbonyl (C=O) groups excluding carboxylic acids is 1. The van der Waals surface area contributed by atoms with Crippen LogP contribution in [0.15, 0.2) is 21.7 Å². The summed E-state index contributed by atoms with van der Waals surface area (Å²) in [4.78, 5) is 12.1. The number of esters is 1. The second-order valence-electron chi connectivity index (χ2n) is 5.90. The molecule has 1 aromatic heterocycles. The lowest BCUT2D eigenvalue weighted by Crippen LogP contribution is -2.40. The van der Waals surface area contributed by atoms with Gasteiger partial charge in [-0.05, 0) is 30.7 Å². The molecule has 1 saturated heterocycles. The van der Waals surface area contributed by atoms with E-state index in [1.54, 1.807) is 17.5 Å². The molecule has 2 fully saturated rings. The quantitative estimate of drug-likeness (QED) is 0.565. The first-order chi connectivity index (χ1) is 10.8. The van der Waals surface area contributed by atoms with Crippen LogP contribution in [0.1, 0.15) is 19.3 Å². The van der Waals surface area contributed by atoms with Crippen molar-refractivity contribution in [2.45, 2.75) is 27.8 Å². The molecule has 128 valence electrons. The highest BCUT2D eigenvalue weighted by atomic mass is 35.5. The van der Waals surface area contributed by atoms with Gasteiger partial charge in [-0.1, -0.05) is 6.07 Å². The highest BCUT2D eigenvalue weighted by Gasteiger charge is 2.52. The molecule has 0 radical (unpaired) electrons. The maximum Gasteiger partial charge on any atom is 0.309 e. The summed E-state index contributed by atoms with van der Waals surface area (Å²) >= 11 is 13.0. The Morgan fingerprint density at radius 2 is 2.04 bits per heavy atom. The zero-order valence-corrected chi connectivity index (χ0v) is 15.4. The van der Waals surface area contributed by atoms with Crippen molar-refractivity contribution in [2.75, 3.05) is 19.7 Å². The van der Waals surface area contributed by atoms with E-state index in [-0.39, 0.29) is 24.4 Å². The maximum absolute atomic E-state index is 12.4.